The number of anilines is 1. The summed E-state index contributed by atoms with van der Waals surface area (Å²) in [7, 11) is 0. The minimum Gasteiger partial charge on any atom is -0.284 e. The zero-order chi connectivity index (χ0) is 10.0. The van der Waals surface area contributed by atoms with Crippen molar-refractivity contribution in [3.8, 4) is 0 Å². The highest BCUT2D eigenvalue weighted by Crippen LogP contribution is 2.23. The standard InChI is InChI=1S/C10H13ClN2/c1-7(2)13(12)10-6-9(11)5-4-8(10)3/h4-6H,1,12H2,2-3H3. The molecule has 0 aromatic heterocycles. The SMILES string of the molecule is C=C(C)N(N)c1cc(Cl)ccc1C. The van der Waals surface area contributed by atoms with E-state index >= 15 is 0 Å². The summed E-state index contributed by atoms with van der Waals surface area (Å²) >= 11 is 5.85. The van der Waals surface area contributed by atoms with Crippen LogP contribution in [-0.4, -0.2) is 0 Å². The van der Waals surface area contributed by atoms with E-state index in [4.69, 9.17) is 17.4 Å². The first-order valence-corrected chi connectivity index (χ1v) is 4.36. The van der Waals surface area contributed by atoms with Gasteiger partial charge in [0.1, 0.15) is 0 Å². The van der Waals surface area contributed by atoms with Gasteiger partial charge in [-0.2, -0.15) is 0 Å². The van der Waals surface area contributed by atoms with Gasteiger partial charge < -0.3 is 0 Å². The number of hydrogen-bond donors (Lipinski definition) is 1. The Bertz CT molecular complexity index is 334. The summed E-state index contributed by atoms with van der Waals surface area (Å²) in [5, 5.41) is 2.21. The Labute approximate surface area is 83.6 Å². The van der Waals surface area contributed by atoms with E-state index in [0.717, 1.165) is 16.9 Å². The molecule has 0 unspecified atom stereocenters. The van der Waals surface area contributed by atoms with Crippen molar-refractivity contribution in [1.82, 2.24) is 0 Å². The highest BCUT2D eigenvalue weighted by Gasteiger charge is 2.05. The van der Waals surface area contributed by atoms with E-state index in [2.05, 4.69) is 6.58 Å². The first-order chi connectivity index (χ1) is 6.02. The van der Waals surface area contributed by atoms with Crippen LogP contribution in [0.4, 0.5) is 5.69 Å². The third-order valence-corrected chi connectivity index (χ3v) is 2.08. The Hall–Kier alpha value is -0.990. The normalized spacial score (nSPS) is 9.85. The Kier molecular flexibility index (Phi) is 2.96. The Morgan fingerprint density at radius 2 is 2.15 bits per heavy atom. The number of nitrogens with two attached hydrogens (primary N) is 1. The topological polar surface area (TPSA) is 29.3 Å². The third kappa shape index (κ3) is 2.23. The van der Waals surface area contributed by atoms with Gasteiger partial charge in [0.15, 0.2) is 0 Å². The highest BCUT2D eigenvalue weighted by atomic mass is 35.5. The smallest absolute Gasteiger partial charge is 0.0615 e. The molecule has 70 valence electrons. The lowest BCUT2D eigenvalue weighted by molar-refractivity contribution is 0.993. The molecule has 0 spiro atoms. The third-order valence-electron chi connectivity index (χ3n) is 1.84. The van der Waals surface area contributed by atoms with Crippen LogP contribution < -0.4 is 10.9 Å². The van der Waals surface area contributed by atoms with Crippen molar-refractivity contribution in [2.45, 2.75) is 13.8 Å². The molecule has 2 N–H and O–H groups in total. The van der Waals surface area contributed by atoms with Crippen molar-refractivity contribution in [1.29, 1.82) is 0 Å². The summed E-state index contributed by atoms with van der Waals surface area (Å²) in [5.41, 5.74) is 2.75. The van der Waals surface area contributed by atoms with Gasteiger partial charge in [0.05, 0.1) is 5.69 Å². The zero-order valence-electron chi connectivity index (χ0n) is 7.84. The van der Waals surface area contributed by atoms with Crippen molar-refractivity contribution < 1.29 is 0 Å². The number of benzene rings is 1. The number of halogens is 1. The van der Waals surface area contributed by atoms with Crippen LogP contribution in [0, 0.1) is 6.92 Å². The monoisotopic (exact) mass is 196 g/mol. The van der Waals surface area contributed by atoms with Crippen molar-refractivity contribution >= 4 is 17.3 Å². The molecule has 0 saturated heterocycles. The van der Waals surface area contributed by atoms with Crippen molar-refractivity contribution in [3.63, 3.8) is 0 Å². The van der Waals surface area contributed by atoms with Crippen molar-refractivity contribution in [2.24, 2.45) is 5.84 Å². The fraction of sp³-hybridized carbons (Fsp3) is 0.200. The number of allylic oxidation sites excluding steroid dienone is 1. The van der Waals surface area contributed by atoms with E-state index in [9.17, 15) is 0 Å². The van der Waals surface area contributed by atoms with Crippen LogP contribution >= 0.6 is 11.6 Å². The first-order valence-electron chi connectivity index (χ1n) is 3.99. The van der Waals surface area contributed by atoms with Gasteiger partial charge in [-0.15, -0.1) is 0 Å². The quantitative estimate of drug-likeness (QED) is 0.582. The van der Waals surface area contributed by atoms with Crippen molar-refractivity contribution in [3.05, 3.63) is 41.1 Å². The van der Waals surface area contributed by atoms with E-state index < -0.39 is 0 Å². The molecule has 0 bridgehead atoms. The summed E-state index contributed by atoms with van der Waals surface area (Å²) in [6.45, 7) is 7.59. The number of hydrogen-bond acceptors (Lipinski definition) is 2. The van der Waals surface area contributed by atoms with Crippen LogP contribution in [0.25, 0.3) is 0 Å². The molecule has 0 aliphatic rings. The second-order valence-electron chi connectivity index (χ2n) is 3.04. The van der Waals surface area contributed by atoms with Crippen LogP contribution in [0.15, 0.2) is 30.5 Å². The van der Waals surface area contributed by atoms with Gasteiger partial charge in [0.2, 0.25) is 0 Å². The van der Waals surface area contributed by atoms with E-state index in [1.165, 1.54) is 5.01 Å². The fourth-order valence-electron chi connectivity index (χ4n) is 1.05. The summed E-state index contributed by atoms with van der Waals surface area (Å²) in [5.74, 6) is 5.78. The summed E-state index contributed by atoms with van der Waals surface area (Å²) < 4.78 is 0. The molecular weight excluding hydrogens is 184 g/mol. The van der Waals surface area contributed by atoms with Gasteiger partial charge in [0.25, 0.3) is 0 Å². The zero-order valence-corrected chi connectivity index (χ0v) is 8.60. The molecular formula is C10H13ClN2. The maximum absolute atomic E-state index is 5.85. The minimum atomic E-state index is 0.678. The number of nitrogens with zero attached hydrogens (tertiary/aromatic N) is 1. The van der Waals surface area contributed by atoms with Gasteiger partial charge in [-0.25, -0.2) is 5.84 Å². The molecule has 13 heavy (non-hydrogen) atoms. The number of rotatable bonds is 2. The Balaban J connectivity index is 3.12. The van der Waals surface area contributed by atoms with Crippen molar-refractivity contribution in [2.75, 3.05) is 5.01 Å². The van der Waals surface area contributed by atoms with Crippen LogP contribution in [-0.2, 0) is 0 Å². The molecule has 0 heterocycles. The average molecular weight is 197 g/mol. The summed E-state index contributed by atoms with van der Waals surface area (Å²) in [4.78, 5) is 0. The fourth-order valence-corrected chi connectivity index (χ4v) is 1.21. The van der Waals surface area contributed by atoms with E-state index in [1.54, 1.807) is 0 Å². The maximum atomic E-state index is 5.85. The lowest BCUT2D eigenvalue weighted by Crippen LogP contribution is -2.28. The number of aryl methyl sites for hydroxylation is 1. The molecule has 0 saturated carbocycles. The summed E-state index contributed by atoms with van der Waals surface area (Å²) in [6.07, 6.45) is 0. The molecule has 0 fully saturated rings. The highest BCUT2D eigenvalue weighted by molar-refractivity contribution is 6.30. The average Bonchev–Trinajstić information content (AvgIpc) is 2.08. The lowest BCUT2D eigenvalue weighted by atomic mass is 10.2. The van der Waals surface area contributed by atoms with Gasteiger partial charge >= 0.3 is 0 Å². The van der Waals surface area contributed by atoms with Crippen LogP contribution in [0.5, 0.6) is 0 Å². The molecule has 0 radical (unpaired) electrons. The molecule has 1 aromatic carbocycles. The second kappa shape index (κ2) is 3.81. The lowest BCUT2D eigenvalue weighted by Gasteiger charge is -2.20. The minimum absolute atomic E-state index is 0.678. The first kappa shape index (κ1) is 10.1. The van der Waals surface area contributed by atoms with Crippen LogP contribution in [0.3, 0.4) is 0 Å². The molecule has 0 amide bonds. The van der Waals surface area contributed by atoms with Gasteiger partial charge in [-0.3, -0.25) is 5.01 Å². The van der Waals surface area contributed by atoms with E-state index in [-0.39, 0.29) is 0 Å². The van der Waals surface area contributed by atoms with Gasteiger partial charge in [-0.1, -0.05) is 24.2 Å². The van der Waals surface area contributed by atoms with Gasteiger partial charge in [0, 0.05) is 10.7 Å². The molecule has 1 aromatic rings. The molecule has 3 heteroatoms. The van der Waals surface area contributed by atoms with Gasteiger partial charge in [-0.05, 0) is 31.5 Å². The van der Waals surface area contributed by atoms with E-state index in [0.29, 0.717) is 5.02 Å². The predicted octanol–water partition coefficient (Wildman–Crippen LogP) is 2.86. The Morgan fingerprint density at radius 1 is 1.54 bits per heavy atom. The second-order valence-corrected chi connectivity index (χ2v) is 3.47. The molecule has 0 aliphatic heterocycles. The van der Waals surface area contributed by atoms with Crippen LogP contribution in [0.1, 0.15) is 12.5 Å². The van der Waals surface area contributed by atoms with E-state index in [1.807, 2.05) is 32.0 Å². The molecule has 0 aliphatic carbocycles. The molecule has 1 rings (SSSR count). The molecule has 2 nitrogen and oxygen atoms in total. The molecule has 0 atom stereocenters. The number of hydrazine groups is 1. The van der Waals surface area contributed by atoms with Crippen LogP contribution in [0.2, 0.25) is 5.02 Å². The largest absolute Gasteiger partial charge is 0.284 e. The predicted molar refractivity (Wildman–Crippen MR) is 57.7 cm³/mol. The maximum Gasteiger partial charge on any atom is 0.0615 e. The Morgan fingerprint density at radius 3 is 2.69 bits per heavy atom. The summed E-state index contributed by atoms with van der Waals surface area (Å²) in [6, 6.07) is 5.60.